The van der Waals surface area contributed by atoms with Gasteiger partial charge in [0.15, 0.2) is 5.82 Å². The summed E-state index contributed by atoms with van der Waals surface area (Å²) in [4.78, 5) is 15.0. The van der Waals surface area contributed by atoms with E-state index in [9.17, 15) is 10.1 Å². The number of fused-ring (bicyclic) bond motifs is 1. The van der Waals surface area contributed by atoms with Crippen LogP contribution in [0.25, 0.3) is 17.2 Å². The molecule has 0 atom stereocenters. The molecule has 0 unspecified atom stereocenters. The fourth-order valence-corrected chi connectivity index (χ4v) is 2.23. The molecule has 0 aliphatic rings. The zero-order chi connectivity index (χ0) is 14.3. The van der Waals surface area contributed by atoms with Crippen molar-refractivity contribution >= 4 is 11.5 Å². The number of benzene rings is 1. The summed E-state index contributed by atoms with van der Waals surface area (Å²) < 4.78 is 1.72. The second kappa shape index (κ2) is 4.37. The van der Waals surface area contributed by atoms with Crippen LogP contribution < -0.4 is 0 Å². The highest BCUT2D eigenvalue weighted by molar-refractivity contribution is 5.69. The average molecular weight is 269 g/mol. The first-order valence-electron chi connectivity index (χ1n) is 6.01. The van der Waals surface area contributed by atoms with E-state index in [4.69, 9.17) is 0 Å². The normalized spacial score (nSPS) is 10.9. The van der Waals surface area contributed by atoms with Crippen molar-refractivity contribution in [3.8, 4) is 11.4 Å². The van der Waals surface area contributed by atoms with E-state index in [2.05, 4.69) is 15.2 Å². The lowest BCUT2D eigenvalue weighted by atomic mass is 10.1. The Bertz CT molecular complexity index is 825. The van der Waals surface area contributed by atoms with Gasteiger partial charge in [-0.2, -0.15) is 0 Å². The minimum atomic E-state index is -0.423. The summed E-state index contributed by atoms with van der Waals surface area (Å²) >= 11 is 0. The third-order valence-corrected chi connectivity index (χ3v) is 3.03. The number of hydrogen-bond donors (Lipinski definition) is 0. The summed E-state index contributed by atoms with van der Waals surface area (Å²) in [5.41, 5.74) is 2.14. The third kappa shape index (κ3) is 1.80. The minimum Gasteiger partial charge on any atom is -0.263 e. The quantitative estimate of drug-likeness (QED) is 0.526. The molecule has 7 heteroatoms. The topological polar surface area (TPSA) is 86.2 Å². The van der Waals surface area contributed by atoms with Crippen molar-refractivity contribution in [1.82, 2.24) is 19.6 Å². The number of nitro groups is 1. The second-order valence-electron chi connectivity index (χ2n) is 4.47. The van der Waals surface area contributed by atoms with E-state index in [1.807, 2.05) is 19.9 Å². The van der Waals surface area contributed by atoms with E-state index in [1.165, 1.54) is 6.07 Å². The fraction of sp³-hybridized carbons (Fsp3) is 0.154. The van der Waals surface area contributed by atoms with Gasteiger partial charge in [-0.3, -0.25) is 14.5 Å². The fourth-order valence-electron chi connectivity index (χ4n) is 2.23. The molecular formula is C13H11N5O2. The maximum Gasteiger partial charge on any atom is 0.280 e. The van der Waals surface area contributed by atoms with E-state index < -0.39 is 4.92 Å². The predicted octanol–water partition coefficient (Wildman–Crippen LogP) is 2.32. The zero-order valence-electron chi connectivity index (χ0n) is 10.9. The summed E-state index contributed by atoms with van der Waals surface area (Å²) in [6.07, 6.45) is 0. The molecule has 0 radical (unpaired) electrons. The van der Waals surface area contributed by atoms with Crippen LogP contribution in [0.4, 0.5) is 5.69 Å². The molecule has 0 saturated carbocycles. The molecule has 0 fully saturated rings. The molecule has 2 aromatic heterocycles. The predicted molar refractivity (Wildman–Crippen MR) is 72.3 cm³/mol. The Morgan fingerprint density at radius 2 is 1.95 bits per heavy atom. The molecule has 20 heavy (non-hydrogen) atoms. The zero-order valence-corrected chi connectivity index (χ0v) is 10.9. The van der Waals surface area contributed by atoms with Crippen LogP contribution in [0.3, 0.4) is 0 Å². The Morgan fingerprint density at radius 1 is 1.20 bits per heavy atom. The van der Waals surface area contributed by atoms with Crippen LogP contribution >= 0.6 is 0 Å². The molecule has 0 spiro atoms. The number of aryl methyl sites for hydroxylation is 2. The van der Waals surface area contributed by atoms with Gasteiger partial charge in [0.05, 0.1) is 10.5 Å². The van der Waals surface area contributed by atoms with Gasteiger partial charge in [0.25, 0.3) is 11.5 Å². The number of hydrogen-bond acceptors (Lipinski definition) is 5. The van der Waals surface area contributed by atoms with Gasteiger partial charge in [-0.15, -0.1) is 10.2 Å². The van der Waals surface area contributed by atoms with Gasteiger partial charge in [-0.1, -0.05) is 12.1 Å². The molecule has 0 N–H and O–H groups in total. The van der Waals surface area contributed by atoms with Crippen LogP contribution in [0.2, 0.25) is 0 Å². The Kier molecular flexibility index (Phi) is 2.67. The minimum absolute atomic E-state index is 0.00164. The monoisotopic (exact) mass is 269 g/mol. The van der Waals surface area contributed by atoms with Crippen molar-refractivity contribution in [3.05, 3.63) is 51.8 Å². The molecule has 100 valence electrons. The van der Waals surface area contributed by atoms with Crippen molar-refractivity contribution in [1.29, 1.82) is 0 Å². The molecule has 7 nitrogen and oxygen atoms in total. The Morgan fingerprint density at radius 3 is 2.70 bits per heavy atom. The number of nitro benzene ring substituents is 1. The molecule has 0 aliphatic heterocycles. The van der Waals surface area contributed by atoms with Crippen LogP contribution in [-0.2, 0) is 0 Å². The molecular weight excluding hydrogens is 258 g/mol. The second-order valence-corrected chi connectivity index (χ2v) is 4.47. The van der Waals surface area contributed by atoms with E-state index in [-0.39, 0.29) is 5.69 Å². The largest absolute Gasteiger partial charge is 0.280 e. The highest BCUT2D eigenvalue weighted by Gasteiger charge is 2.20. The van der Waals surface area contributed by atoms with Gasteiger partial charge in [0.1, 0.15) is 0 Å². The van der Waals surface area contributed by atoms with Gasteiger partial charge in [-0.25, -0.2) is 4.98 Å². The van der Waals surface area contributed by atoms with Gasteiger partial charge in [0, 0.05) is 17.5 Å². The molecule has 3 aromatic rings. The van der Waals surface area contributed by atoms with Gasteiger partial charge < -0.3 is 0 Å². The third-order valence-electron chi connectivity index (χ3n) is 3.03. The molecule has 0 aliphatic carbocycles. The summed E-state index contributed by atoms with van der Waals surface area (Å²) in [7, 11) is 0. The number of para-hydroxylation sites is 1. The van der Waals surface area contributed by atoms with Crippen molar-refractivity contribution in [3.63, 3.8) is 0 Å². The Balaban J connectivity index is 2.34. The summed E-state index contributed by atoms with van der Waals surface area (Å²) in [6, 6.07) is 8.36. The Labute approximate surface area is 114 Å². The molecule has 3 rings (SSSR count). The SMILES string of the molecule is Cc1cc(C)n2c(-c3ccccc3[N+](=O)[O-])nnc2n1. The number of nitrogens with zero attached hydrogens (tertiary/aromatic N) is 5. The van der Waals surface area contributed by atoms with E-state index in [0.717, 1.165) is 11.4 Å². The van der Waals surface area contributed by atoms with Crippen molar-refractivity contribution in [2.45, 2.75) is 13.8 Å². The molecule has 2 heterocycles. The highest BCUT2D eigenvalue weighted by Crippen LogP contribution is 2.28. The average Bonchev–Trinajstić information content (AvgIpc) is 2.82. The van der Waals surface area contributed by atoms with Gasteiger partial charge >= 0.3 is 0 Å². The summed E-state index contributed by atoms with van der Waals surface area (Å²) in [6.45, 7) is 3.76. The van der Waals surface area contributed by atoms with Crippen LogP contribution in [0, 0.1) is 24.0 Å². The van der Waals surface area contributed by atoms with E-state index >= 15 is 0 Å². The highest BCUT2D eigenvalue weighted by atomic mass is 16.6. The first kappa shape index (κ1) is 12.2. The first-order valence-corrected chi connectivity index (χ1v) is 6.01. The first-order chi connectivity index (χ1) is 9.58. The molecule has 0 saturated heterocycles. The smallest absolute Gasteiger partial charge is 0.263 e. The number of rotatable bonds is 2. The standard InChI is InChI=1S/C13H11N5O2/c1-8-7-9(2)17-12(15-16-13(17)14-8)10-5-3-4-6-11(10)18(19)20/h3-7H,1-2H3. The lowest BCUT2D eigenvalue weighted by molar-refractivity contribution is -0.384. The van der Waals surface area contributed by atoms with Crippen LogP contribution in [0.1, 0.15) is 11.4 Å². The van der Waals surface area contributed by atoms with Gasteiger partial charge in [0.2, 0.25) is 0 Å². The Hall–Kier alpha value is -2.83. The van der Waals surface area contributed by atoms with Crippen LogP contribution in [0.15, 0.2) is 30.3 Å². The lowest BCUT2D eigenvalue weighted by Gasteiger charge is -2.04. The molecule has 1 aromatic carbocycles. The van der Waals surface area contributed by atoms with Gasteiger partial charge in [-0.05, 0) is 26.0 Å². The maximum absolute atomic E-state index is 11.1. The van der Waals surface area contributed by atoms with E-state index in [0.29, 0.717) is 17.2 Å². The van der Waals surface area contributed by atoms with Crippen molar-refractivity contribution in [2.24, 2.45) is 0 Å². The van der Waals surface area contributed by atoms with E-state index in [1.54, 1.807) is 22.6 Å². The van der Waals surface area contributed by atoms with Crippen molar-refractivity contribution < 1.29 is 4.92 Å². The lowest BCUT2D eigenvalue weighted by Crippen LogP contribution is -2.00. The van der Waals surface area contributed by atoms with Crippen LogP contribution in [-0.4, -0.2) is 24.5 Å². The number of aromatic nitrogens is 4. The van der Waals surface area contributed by atoms with Crippen molar-refractivity contribution in [2.75, 3.05) is 0 Å². The summed E-state index contributed by atoms with van der Waals surface area (Å²) in [5, 5.41) is 19.2. The maximum atomic E-state index is 11.1. The molecule has 0 amide bonds. The summed E-state index contributed by atoms with van der Waals surface area (Å²) in [5.74, 6) is 0.868. The van der Waals surface area contributed by atoms with Crippen LogP contribution in [0.5, 0.6) is 0 Å². The molecule has 0 bridgehead atoms.